The molecule has 1 fully saturated rings. The molecule has 1 saturated heterocycles. The Kier molecular flexibility index (Phi) is 5.62. The van der Waals surface area contributed by atoms with Crippen molar-refractivity contribution in [2.24, 2.45) is 5.73 Å². The van der Waals surface area contributed by atoms with Gasteiger partial charge in [-0.3, -0.25) is 4.79 Å². The maximum absolute atomic E-state index is 12.1. The van der Waals surface area contributed by atoms with Gasteiger partial charge in [-0.1, -0.05) is 0 Å². The van der Waals surface area contributed by atoms with E-state index < -0.39 is 43.2 Å². The topological polar surface area (TPSA) is 162 Å². The van der Waals surface area contributed by atoms with Crippen LogP contribution < -0.4 is 5.73 Å². The van der Waals surface area contributed by atoms with Gasteiger partial charge in [-0.2, -0.15) is 0 Å². The predicted octanol–water partition coefficient (Wildman–Crippen LogP) is -2.92. The highest BCUT2D eigenvalue weighted by molar-refractivity contribution is 5.84. The number of aromatic nitrogens is 2. The third-order valence-corrected chi connectivity index (χ3v) is 3.80. The molecule has 0 saturated carbocycles. The first-order chi connectivity index (χ1) is 10.4. The van der Waals surface area contributed by atoms with Crippen LogP contribution in [0.2, 0.25) is 0 Å². The van der Waals surface area contributed by atoms with Crippen LogP contribution in [0, 0.1) is 0 Å². The van der Waals surface area contributed by atoms with Crippen molar-refractivity contribution < 1.29 is 30.0 Å². The van der Waals surface area contributed by atoms with Gasteiger partial charge in [0.15, 0.2) is 5.78 Å². The van der Waals surface area contributed by atoms with Gasteiger partial charge in [-0.25, -0.2) is 4.98 Å². The van der Waals surface area contributed by atoms with E-state index >= 15 is 0 Å². The number of aliphatic hydroxyl groups is 4. The molecule has 2 rings (SSSR count). The fourth-order valence-electron chi connectivity index (χ4n) is 2.44. The van der Waals surface area contributed by atoms with Gasteiger partial charge >= 0.3 is 0 Å². The van der Waals surface area contributed by atoms with Crippen LogP contribution in [0.3, 0.4) is 0 Å². The molecule has 1 aliphatic heterocycles. The number of rotatable bonds is 6. The number of nitrogens with zero attached hydrogens (tertiary/aromatic N) is 1. The molecule has 9 heteroatoms. The van der Waals surface area contributed by atoms with Crippen LogP contribution in [0.4, 0.5) is 0 Å². The highest BCUT2D eigenvalue weighted by Gasteiger charge is 2.44. The van der Waals surface area contributed by atoms with E-state index in [2.05, 4.69) is 9.97 Å². The number of aliphatic hydroxyl groups excluding tert-OH is 4. The molecule has 22 heavy (non-hydrogen) atoms. The van der Waals surface area contributed by atoms with Crippen molar-refractivity contribution in [2.45, 2.75) is 49.4 Å². The molecule has 6 atom stereocenters. The Labute approximate surface area is 126 Å². The van der Waals surface area contributed by atoms with Gasteiger partial charge in [0.1, 0.15) is 24.4 Å². The van der Waals surface area contributed by atoms with E-state index in [1.54, 1.807) is 6.20 Å². The van der Waals surface area contributed by atoms with Crippen LogP contribution >= 0.6 is 0 Å². The van der Waals surface area contributed by atoms with Crippen LogP contribution in [-0.4, -0.2) is 79.3 Å². The molecule has 0 amide bonds. The molecule has 1 aliphatic rings. The van der Waals surface area contributed by atoms with E-state index in [1.807, 2.05) is 0 Å². The van der Waals surface area contributed by atoms with Gasteiger partial charge in [-0.15, -0.1) is 0 Å². The number of imidazole rings is 1. The minimum Gasteiger partial charge on any atom is -0.394 e. The lowest BCUT2D eigenvalue weighted by Gasteiger charge is -2.40. The molecular weight excluding hydrogens is 294 g/mol. The number of ether oxygens (including phenoxy) is 1. The summed E-state index contributed by atoms with van der Waals surface area (Å²) in [4.78, 5) is 18.8. The lowest BCUT2D eigenvalue weighted by Crippen LogP contribution is -2.59. The molecule has 1 aromatic rings. The summed E-state index contributed by atoms with van der Waals surface area (Å²) in [6, 6.07) is -0.812. The van der Waals surface area contributed by atoms with E-state index in [0.717, 1.165) is 0 Å². The molecule has 0 unspecified atom stereocenters. The molecule has 0 radical (unpaired) electrons. The van der Waals surface area contributed by atoms with Gasteiger partial charge in [0.05, 0.1) is 25.1 Å². The summed E-state index contributed by atoms with van der Waals surface area (Å²) in [5.41, 5.74) is 6.51. The zero-order valence-electron chi connectivity index (χ0n) is 11.9. The van der Waals surface area contributed by atoms with Crippen LogP contribution in [0.15, 0.2) is 12.5 Å². The number of carbonyl (C=O) groups excluding carboxylic acids is 1. The fraction of sp³-hybridized carbons (Fsp3) is 0.692. The number of aromatic amines is 1. The summed E-state index contributed by atoms with van der Waals surface area (Å²) < 4.78 is 5.28. The molecule has 9 nitrogen and oxygen atoms in total. The Morgan fingerprint density at radius 3 is 2.59 bits per heavy atom. The first-order valence-electron chi connectivity index (χ1n) is 7.00. The number of hydrogen-bond donors (Lipinski definition) is 6. The maximum Gasteiger partial charge on any atom is 0.152 e. The van der Waals surface area contributed by atoms with Gasteiger partial charge in [0.25, 0.3) is 0 Å². The third kappa shape index (κ3) is 3.69. The van der Waals surface area contributed by atoms with Crippen molar-refractivity contribution in [3.8, 4) is 0 Å². The summed E-state index contributed by atoms with van der Waals surface area (Å²) in [5.74, 6) is -0.362. The second kappa shape index (κ2) is 7.27. The molecule has 0 aromatic carbocycles. The number of Topliss-reactive ketones (excluding diaryl/α,β-unsaturated/α-hetero) is 1. The zero-order chi connectivity index (χ0) is 16.3. The highest BCUT2D eigenvalue weighted by Crippen LogP contribution is 2.23. The SMILES string of the molecule is N[C@@H](Cc1cnc[nH]1)C(=O)C[C@@H]1O[C@H](CO)[C@@H](O)[C@H](O)[C@H]1O. The lowest BCUT2D eigenvalue weighted by molar-refractivity contribution is -0.229. The third-order valence-electron chi connectivity index (χ3n) is 3.80. The Bertz CT molecular complexity index is 480. The number of carbonyl (C=O) groups is 1. The van der Waals surface area contributed by atoms with Crippen molar-refractivity contribution >= 4 is 5.78 Å². The summed E-state index contributed by atoms with van der Waals surface area (Å²) in [6.45, 7) is -0.532. The molecule has 124 valence electrons. The normalized spacial score (nSPS) is 33.6. The van der Waals surface area contributed by atoms with E-state index in [9.17, 15) is 20.1 Å². The molecule has 0 spiro atoms. The fourth-order valence-corrected chi connectivity index (χ4v) is 2.44. The number of ketones is 1. The monoisotopic (exact) mass is 315 g/mol. The average Bonchev–Trinajstić information content (AvgIpc) is 3.00. The largest absolute Gasteiger partial charge is 0.394 e. The number of H-pyrrole nitrogens is 1. The molecule has 0 bridgehead atoms. The molecule has 7 N–H and O–H groups in total. The smallest absolute Gasteiger partial charge is 0.152 e. The second-order valence-corrected chi connectivity index (χ2v) is 5.43. The number of hydrogen-bond acceptors (Lipinski definition) is 8. The minimum absolute atomic E-state index is 0.225. The molecular formula is C13H21N3O6. The van der Waals surface area contributed by atoms with E-state index in [4.69, 9.17) is 15.6 Å². The van der Waals surface area contributed by atoms with Crippen molar-refractivity contribution in [1.29, 1.82) is 0 Å². The Balaban J connectivity index is 1.94. The van der Waals surface area contributed by atoms with Crippen molar-refractivity contribution in [2.75, 3.05) is 6.61 Å². The van der Waals surface area contributed by atoms with Crippen molar-refractivity contribution in [1.82, 2.24) is 9.97 Å². The minimum atomic E-state index is -1.49. The molecule has 0 aliphatic carbocycles. The Morgan fingerprint density at radius 2 is 2.00 bits per heavy atom. The summed E-state index contributed by atoms with van der Waals surface area (Å²) >= 11 is 0. The maximum atomic E-state index is 12.1. The van der Waals surface area contributed by atoms with Gasteiger partial charge in [-0.05, 0) is 0 Å². The van der Waals surface area contributed by atoms with Crippen LogP contribution in [0.25, 0.3) is 0 Å². The van der Waals surface area contributed by atoms with Gasteiger partial charge in [0, 0.05) is 24.7 Å². The van der Waals surface area contributed by atoms with Crippen LogP contribution in [-0.2, 0) is 16.0 Å². The van der Waals surface area contributed by atoms with E-state index in [0.29, 0.717) is 5.69 Å². The highest BCUT2D eigenvalue weighted by atomic mass is 16.5. The van der Waals surface area contributed by atoms with Crippen molar-refractivity contribution in [3.05, 3.63) is 18.2 Å². The first kappa shape index (κ1) is 17.0. The van der Waals surface area contributed by atoms with Crippen LogP contribution in [0.5, 0.6) is 0 Å². The van der Waals surface area contributed by atoms with Gasteiger partial charge in [0.2, 0.25) is 0 Å². The second-order valence-electron chi connectivity index (χ2n) is 5.43. The van der Waals surface area contributed by atoms with Crippen molar-refractivity contribution in [3.63, 3.8) is 0 Å². The number of nitrogens with one attached hydrogen (secondary N) is 1. The predicted molar refractivity (Wildman–Crippen MR) is 73.7 cm³/mol. The molecule has 1 aromatic heterocycles. The quantitative estimate of drug-likeness (QED) is 0.325. The summed E-state index contributed by atoms with van der Waals surface area (Å²) in [7, 11) is 0. The molecule has 2 heterocycles. The lowest BCUT2D eigenvalue weighted by atomic mass is 9.91. The average molecular weight is 315 g/mol. The summed E-state index contributed by atoms with van der Waals surface area (Å²) in [6.07, 6.45) is -3.35. The number of nitrogens with two attached hydrogens (primary N) is 1. The standard InChI is InChI=1S/C13H21N3O6/c14-7(1-6-3-15-5-16-6)8(18)2-9-11(19)13(21)12(20)10(4-17)22-9/h3,5,7,9-13,17,19-21H,1-2,4,14H2,(H,15,16)/t7-,9-,10+,11-,12+,13+/m0/s1. The first-order valence-corrected chi connectivity index (χ1v) is 7.00. The van der Waals surface area contributed by atoms with E-state index in [1.165, 1.54) is 6.33 Å². The Hall–Kier alpha value is -1.36. The Morgan fingerprint density at radius 1 is 1.32 bits per heavy atom. The summed E-state index contributed by atoms with van der Waals surface area (Å²) in [5, 5.41) is 38.3. The van der Waals surface area contributed by atoms with Crippen LogP contribution in [0.1, 0.15) is 12.1 Å². The van der Waals surface area contributed by atoms with E-state index in [-0.39, 0.29) is 18.6 Å². The zero-order valence-corrected chi connectivity index (χ0v) is 11.9. The van der Waals surface area contributed by atoms with Gasteiger partial charge < -0.3 is 35.9 Å².